The van der Waals surface area contributed by atoms with Gasteiger partial charge in [-0.3, -0.25) is 0 Å². The standard InChI is InChI=1S/C33H48O3S/c34-37(35,36)33-31(19-29-14-22-3-9-26(29)10-4-22)17-24(16-28-13-21-1-7-25(28)8-2-21)18-32(33)20-30-15-23-5-11-27(30)12-6-23/h17-18,21-23,25-30H,1-16,19-20H2,(H,34,35,36)/p-1. The zero-order valence-electron chi connectivity index (χ0n) is 22.7. The lowest BCUT2D eigenvalue weighted by Gasteiger charge is -2.44. The quantitative estimate of drug-likeness (QED) is 0.344. The topological polar surface area (TPSA) is 57.2 Å². The van der Waals surface area contributed by atoms with Crippen molar-refractivity contribution >= 4 is 10.1 Å². The molecule has 0 aliphatic heterocycles. The maximum Gasteiger partial charge on any atom is 0.124 e. The van der Waals surface area contributed by atoms with Crippen molar-refractivity contribution in [2.24, 2.45) is 53.3 Å². The Labute approximate surface area is 225 Å². The smallest absolute Gasteiger partial charge is 0.124 e. The van der Waals surface area contributed by atoms with Crippen LogP contribution < -0.4 is 0 Å². The second kappa shape index (κ2) is 9.95. The van der Waals surface area contributed by atoms with Crippen LogP contribution in [-0.4, -0.2) is 13.0 Å². The van der Waals surface area contributed by atoms with Gasteiger partial charge in [-0.05, 0) is 147 Å². The van der Waals surface area contributed by atoms with Gasteiger partial charge < -0.3 is 4.55 Å². The summed E-state index contributed by atoms with van der Waals surface area (Å²) in [5.74, 6) is 6.72. The first-order valence-electron chi connectivity index (χ1n) is 16.0. The summed E-state index contributed by atoms with van der Waals surface area (Å²) in [7, 11) is -4.50. The zero-order chi connectivity index (χ0) is 25.1. The van der Waals surface area contributed by atoms with Crippen molar-refractivity contribution in [3.8, 4) is 0 Å². The lowest BCUT2D eigenvalue weighted by molar-refractivity contribution is 0.0964. The number of rotatable bonds is 7. The van der Waals surface area contributed by atoms with Crippen LogP contribution in [0.3, 0.4) is 0 Å². The monoisotopic (exact) mass is 523 g/mol. The number of hydrogen-bond donors (Lipinski definition) is 0. The van der Waals surface area contributed by atoms with E-state index in [1.165, 1.54) is 102 Å². The first-order chi connectivity index (χ1) is 17.9. The van der Waals surface area contributed by atoms with Crippen LogP contribution >= 0.6 is 0 Å². The molecule has 10 rings (SSSR count). The molecule has 9 aliphatic carbocycles. The molecule has 9 aliphatic rings. The molecule has 0 radical (unpaired) electrons. The Kier molecular flexibility index (Phi) is 6.76. The highest BCUT2D eigenvalue weighted by Crippen LogP contribution is 2.50. The minimum absolute atomic E-state index is 0.212. The molecule has 0 spiro atoms. The maximum atomic E-state index is 12.9. The second-order valence-electron chi connectivity index (χ2n) is 14.6. The van der Waals surface area contributed by atoms with Gasteiger partial charge in [0, 0.05) is 0 Å². The Morgan fingerprint density at radius 3 is 1.22 bits per heavy atom. The zero-order valence-corrected chi connectivity index (χ0v) is 23.5. The summed E-state index contributed by atoms with van der Waals surface area (Å²) in [4.78, 5) is 0.212. The first kappa shape index (κ1) is 25.1. The van der Waals surface area contributed by atoms with E-state index in [1.54, 1.807) is 0 Å². The minimum Gasteiger partial charge on any atom is -0.744 e. The molecule has 204 valence electrons. The Balaban J connectivity index is 1.24. The predicted molar refractivity (Wildman–Crippen MR) is 146 cm³/mol. The predicted octanol–water partition coefficient (Wildman–Crippen LogP) is 7.70. The van der Waals surface area contributed by atoms with Crippen LogP contribution in [0.25, 0.3) is 0 Å². The van der Waals surface area contributed by atoms with Crippen molar-refractivity contribution in [2.45, 2.75) is 120 Å². The lowest BCUT2D eigenvalue weighted by atomic mass is 9.62. The van der Waals surface area contributed by atoms with Crippen LogP contribution in [0.1, 0.15) is 113 Å². The van der Waals surface area contributed by atoms with Crippen LogP contribution in [0.15, 0.2) is 17.0 Å². The Morgan fingerprint density at radius 2 is 0.919 bits per heavy atom. The van der Waals surface area contributed by atoms with Crippen LogP contribution in [0, 0.1) is 53.3 Å². The molecule has 3 unspecified atom stereocenters. The summed E-state index contributed by atoms with van der Waals surface area (Å²) in [6, 6.07) is 4.43. The molecule has 0 saturated heterocycles. The summed E-state index contributed by atoms with van der Waals surface area (Å²) in [5, 5.41) is 0. The molecule has 3 atom stereocenters. The molecule has 37 heavy (non-hydrogen) atoms. The highest BCUT2D eigenvalue weighted by molar-refractivity contribution is 7.85. The van der Waals surface area contributed by atoms with Crippen LogP contribution in [-0.2, 0) is 29.4 Å². The highest BCUT2D eigenvalue weighted by atomic mass is 32.2. The SMILES string of the molecule is O=S(=O)([O-])c1c(CC2CC3CCC2CC3)cc(CC2CC3CCC2CC3)cc1CC1CC2CCC1CC2. The molecule has 4 heteroatoms. The molecule has 6 bridgehead atoms. The van der Waals surface area contributed by atoms with E-state index in [2.05, 4.69) is 12.1 Å². The summed E-state index contributed by atoms with van der Waals surface area (Å²) >= 11 is 0. The number of hydrogen-bond acceptors (Lipinski definition) is 3. The lowest BCUT2D eigenvalue weighted by Crippen LogP contribution is -2.34. The van der Waals surface area contributed by atoms with Crippen molar-refractivity contribution in [3.05, 3.63) is 28.8 Å². The second-order valence-corrected chi connectivity index (χ2v) is 16.0. The van der Waals surface area contributed by atoms with Gasteiger partial charge in [0.05, 0.1) is 4.90 Å². The largest absolute Gasteiger partial charge is 0.744 e. The molecular weight excluding hydrogens is 476 g/mol. The van der Waals surface area contributed by atoms with E-state index in [1.807, 2.05) is 0 Å². The molecular formula is C33H47O3S-. The van der Waals surface area contributed by atoms with E-state index in [0.717, 1.165) is 71.8 Å². The van der Waals surface area contributed by atoms with Gasteiger partial charge in [0.2, 0.25) is 0 Å². The molecule has 0 aromatic heterocycles. The van der Waals surface area contributed by atoms with Gasteiger partial charge in [0.15, 0.2) is 0 Å². The van der Waals surface area contributed by atoms with E-state index in [0.29, 0.717) is 11.8 Å². The van der Waals surface area contributed by atoms with Crippen LogP contribution in [0.5, 0.6) is 0 Å². The van der Waals surface area contributed by atoms with Gasteiger partial charge in [-0.15, -0.1) is 0 Å². The number of fused-ring (bicyclic) bond motifs is 9. The van der Waals surface area contributed by atoms with Gasteiger partial charge in [0.25, 0.3) is 0 Å². The van der Waals surface area contributed by atoms with Crippen LogP contribution in [0.4, 0.5) is 0 Å². The van der Waals surface area contributed by atoms with E-state index < -0.39 is 10.1 Å². The molecule has 9 fully saturated rings. The minimum atomic E-state index is -4.50. The van der Waals surface area contributed by atoms with Crippen LogP contribution in [0.2, 0.25) is 0 Å². The Bertz CT molecular complexity index is 1030. The molecule has 3 nitrogen and oxygen atoms in total. The van der Waals surface area contributed by atoms with E-state index in [4.69, 9.17) is 0 Å². The highest BCUT2D eigenvalue weighted by Gasteiger charge is 2.39. The molecule has 1 aromatic rings. The fourth-order valence-corrected chi connectivity index (χ4v) is 11.7. The molecule has 0 N–H and O–H groups in total. The molecule has 9 saturated carbocycles. The van der Waals surface area contributed by atoms with Gasteiger partial charge in [0.1, 0.15) is 10.1 Å². The third-order valence-electron chi connectivity index (χ3n) is 12.6. The Morgan fingerprint density at radius 1 is 0.568 bits per heavy atom. The van der Waals surface area contributed by atoms with Gasteiger partial charge in [-0.25, -0.2) is 8.42 Å². The maximum absolute atomic E-state index is 12.9. The van der Waals surface area contributed by atoms with Gasteiger partial charge in [-0.2, -0.15) is 0 Å². The average molecular weight is 524 g/mol. The van der Waals surface area contributed by atoms with E-state index >= 15 is 0 Å². The summed E-state index contributed by atoms with van der Waals surface area (Å²) < 4.78 is 38.8. The van der Waals surface area contributed by atoms with Crippen molar-refractivity contribution in [3.63, 3.8) is 0 Å². The third-order valence-corrected chi connectivity index (χ3v) is 13.6. The van der Waals surface area contributed by atoms with Crippen molar-refractivity contribution in [1.29, 1.82) is 0 Å². The van der Waals surface area contributed by atoms with Crippen molar-refractivity contribution in [2.75, 3.05) is 0 Å². The summed E-state index contributed by atoms with van der Waals surface area (Å²) in [5.41, 5.74) is 3.15. The van der Waals surface area contributed by atoms with Crippen molar-refractivity contribution in [1.82, 2.24) is 0 Å². The van der Waals surface area contributed by atoms with E-state index in [-0.39, 0.29) is 4.90 Å². The summed E-state index contributed by atoms with van der Waals surface area (Å²) in [6.45, 7) is 0. The first-order valence-corrected chi connectivity index (χ1v) is 17.4. The fourth-order valence-electron chi connectivity index (χ4n) is 10.7. The Hall–Kier alpha value is -0.870. The molecule has 1 aromatic carbocycles. The third kappa shape index (κ3) is 5.08. The molecule has 0 heterocycles. The van der Waals surface area contributed by atoms with Gasteiger partial charge in [-0.1, -0.05) is 50.7 Å². The molecule has 0 amide bonds. The summed E-state index contributed by atoms with van der Waals surface area (Å²) in [6.07, 6.45) is 22.8. The average Bonchev–Trinajstić information content (AvgIpc) is 2.90. The number of benzene rings is 1. The van der Waals surface area contributed by atoms with Crippen molar-refractivity contribution < 1.29 is 13.0 Å². The normalized spacial score (nSPS) is 40.8. The van der Waals surface area contributed by atoms with E-state index in [9.17, 15) is 13.0 Å². The van der Waals surface area contributed by atoms with Gasteiger partial charge >= 0.3 is 0 Å². The fraction of sp³-hybridized carbons (Fsp3) is 0.818.